The lowest BCUT2D eigenvalue weighted by Crippen LogP contribution is -2.23. The van der Waals surface area contributed by atoms with E-state index < -0.39 is 4.92 Å². The van der Waals surface area contributed by atoms with Crippen molar-refractivity contribution in [3.63, 3.8) is 0 Å². The first-order valence-corrected chi connectivity index (χ1v) is 10.2. The van der Waals surface area contributed by atoms with Gasteiger partial charge in [0.05, 0.1) is 17.6 Å². The molecule has 0 unspecified atom stereocenters. The minimum atomic E-state index is -0.461. The summed E-state index contributed by atoms with van der Waals surface area (Å²) in [5.41, 5.74) is 0.765. The molecule has 5 aromatic rings. The molecule has 0 fully saturated rings. The molecule has 5 rings (SSSR count). The minimum absolute atomic E-state index is 0.0530. The lowest BCUT2D eigenvalue weighted by atomic mass is 10.1. The van der Waals surface area contributed by atoms with Crippen LogP contribution in [0.25, 0.3) is 33.7 Å². The summed E-state index contributed by atoms with van der Waals surface area (Å²) in [6, 6.07) is 16.9. The van der Waals surface area contributed by atoms with Crippen LogP contribution in [0.1, 0.15) is 5.76 Å². The van der Waals surface area contributed by atoms with Crippen LogP contribution in [0.2, 0.25) is 0 Å². The molecular weight excluding hydrogens is 432 g/mol. The first-order valence-electron chi connectivity index (χ1n) is 9.43. The molecule has 0 aliphatic rings. The van der Waals surface area contributed by atoms with Crippen LogP contribution in [0.15, 0.2) is 69.9 Å². The maximum Gasteiger partial charge on any atom is 0.291 e. The first kappa shape index (κ1) is 19.6. The highest BCUT2D eigenvalue weighted by Gasteiger charge is 2.17. The number of fused-ring (bicyclic) bond motifs is 1. The molecule has 0 bridgehead atoms. The first-order chi connectivity index (χ1) is 15.5. The Labute approximate surface area is 184 Å². The van der Waals surface area contributed by atoms with Gasteiger partial charge in [0.1, 0.15) is 21.8 Å². The predicted octanol–water partition coefficient (Wildman–Crippen LogP) is 3.54. The number of benzene rings is 2. The number of nitrogens with zero attached hydrogens (tertiary/aromatic N) is 4. The number of nitro groups is 1. The van der Waals surface area contributed by atoms with Crippen LogP contribution in [-0.4, -0.2) is 26.6 Å². The molecule has 0 spiro atoms. The van der Waals surface area contributed by atoms with Crippen molar-refractivity contribution in [2.75, 3.05) is 7.11 Å². The maximum atomic E-state index is 12.8. The van der Waals surface area contributed by atoms with Gasteiger partial charge in [0.2, 0.25) is 4.96 Å². The second-order valence-corrected chi connectivity index (χ2v) is 7.76. The molecule has 0 saturated carbocycles. The summed E-state index contributed by atoms with van der Waals surface area (Å²) in [6.45, 7) is 0. The zero-order valence-electron chi connectivity index (χ0n) is 16.6. The van der Waals surface area contributed by atoms with Gasteiger partial charge in [-0.1, -0.05) is 23.5 Å². The van der Waals surface area contributed by atoms with E-state index in [-0.39, 0.29) is 11.2 Å². The zero-order chi connectivity index (χ0) is 22.2. The maximum absolute atomic E-state index is 12.8. The Kier molecular flexibility index (Phi) is 4.75. The minimum Gasteiger partial charge on any atom is -0.497 e. The van der Waals surface area contributed by atoms with Crippen LogP contribution >= 0.6 is 11.3 Å². The molecule has 0 aliphatic heterocycles. The molecule has 3 aromatic heterocycles. The normalized spacial score (nSPS) is 11.8. The number of rotatable bonds is 5. The van der Waals surface area contributed by atoms with E-state index in [1.165, 1.54) is 21.9 Å². The lowest BCUT2D eigenvalue weighted by molar-refractivity contribution is -0.384. The molecule has 2 aromatic carbocycles. The fourth-order valence-corrected chi connectivity index (χ4v) is 4.13. The average molecular weight is 446 g/mol. The molecule has 0 amide bonds. The lowest BCUT2D eigenvalue weighted by Gasteiger charge is -1.99. The van der Waals surface area contributed by atoms with Crippen LogP contribution in [-0.2, 0) is 0 Å². The van der Waals surface area contributed by atoms with Crippen molar-refractivity contribution in [3.8, 4) is 28.5 Å². The summed E-state index contributed by atoms with van der Waals surface area (Å²) in [5.74, 6) is 1.90. The van der Waals surface area contributed by atoms with E-state index in [9.17, 15) is 14.9 Å². The Morgan fingerprint density at radius 1 is 1.12 bits per heavy atom. The van der Waals surface area contributed by atoms with Crippen molar-refractivity contribution in [1.82, 2.24) is 14.6 Å². The third-order valence-electron chi connectivity index (χ3n) is 4.80. The fourth-order valence-electron chi connectivity index (χ4n) is 3.24. The molecule has 9 nitrogen and oxygen atoms in total. The van der Waals surface area contributed by atoms with Crippen molar-refractivity contribution in [1.29, 1.82) is 0 Å². The van der Waals surface area contributed by atoms with E-state index in [1.54, 1.807) is 55.7 Å². The van der Waals surface area contributed by atoms with Gasteiger partial charge in [0.15, 0.2) is 5.82 Å². The van der Waals surface area contributed by atoms with E-state index in [1.807, 2.05) is 12.1 Å². The Balaban J connectivity index is 1.50. The summed E-state index contributed by atoms with van der Waals surface area (Å²) in [6.07, 6.45) is 1.58. The number of aromatic nitrogens is 3. The van der Waals surface area contributed by atoms with E-state index in [2.05, 4.69) is 10.1 Å². The van der Waals surface area contributed by atoms with Gasteiger partial charge in [-0.25, -0.2) is 0 Å². The average Bonchev–Trinajstić information content (AvgIpc) is 3.51. The smallest absolute Gasteiger partial charge is 0.291 e. The van der Waals surface area contributed by atoms with Gasteiger partial charge < -0.3 is 9.15 Å². The topological polar surface area (TPSA) is 113 Å². The molecule has 0 atom stereocenters. The van der Waals surface area contributed by atoms with E-state index in [0.717, 1.165) is 11.3 Å². The quantitative estimate of drug-likeness (QED) is 0.300. The third kappa shape index (κ3) is 3.42. The number of hydrogen-bond donors (Lipinski definition) is 0. The van der Waals surface area contributed by atoms with Gasteiger partial charge >= 0.3 is 0 Å². The van der Waals surface area contributed by atoms with E-state index in [4.69, 9.17) is 9.15 Å². The van der Waals surface area contributed by atoms with E-state index >= 15 is 0 Å². The van der Waals surface area contributed by atoms with Crippen molar-refractivity contribution in [3.05, 3.63) is 91.4 Å². The molecule has 10 heteroatoms. The molecule has 32 heavy (non-hydrogen) atoms. The van der Waals surface area contributed by atoms with Crippen LogP contribution < -0.4 is 14.8 Å². The van der Waals surface area contributed by atoms with Gasteiger partial charge in [-0.3, -0.25) is 14.9 Å². The number of hydrogen-bond acceptors (Lipinski definition) is 8. The van der Waals surface area contributed by atoms with Gasteiger partial charge in [-0.15, -0.1) is 5.10 Å². The van der Waals surface area contributed by atoms with Crippen LogP contribution in [0.5, 0.6) is 5.75 Å². The van der Waals surface area contributed by atoms with Crippen molar-refractivity contribution >= 4 is 28.1 Å². The fraction of sp³-hybridized carbons (Fsp3) is 0.0455. The Hall–Kier alpha value is -4.31. The summed E-state index contributed by atoms with van der Waals surface area (Å²) >= 11 is 1.18. The monoisotopic (exact) mass is 446 g/mol. The molecule has 158 valence electrons. The SMILES string of the molecule is COc1ccc(-c2nc3s/c(=C\c4ccc(-c5ccccc5[N+](=O)[O-])o4)c(=O)n3n2)cc1. The number of methoxy groups -OCH3 is 1. The Morgan fingerprint density at radius 3 is 2.62 bits per heavy atom. The number of furan rings is 1. The molecule has 0 radical (unpaired) electrons. The van der Waals surface area contributed by atoms with Crippen molar-refractivity contribution in [2.24, 2.45) is 0 Å². The standard InChI is InChI=1S/C22H14N4O5S/c1-30-14-8-6-13(7-9-14)20-23-22-25(24-20)21(27)19(32-22)12-15-10-11-18(31-15)16-4-2-3-5-17(16)26(28)29/h2-12H,1H3/b19-12-. The third-order valence-corrected chi connectivity index (χ3v) is 5.76. The van der Waals surface area contributed by atoms with E-state index in [0.29, 0.717) is 32.4 Å². The molecule has 0 N–H and O–H groups in total. The van der Waals surface area contributed by atoms with Crippen LogP contribution in [0.4, 0.5) is 5.69 Å². The van der Waals surface area contributed by atoms with Gasteiger partial charge in [-0.05, 0) is 42.5 Å². The van der Waals surface area contributed by atoms with Gasteiger partial charge in [-0.2, -0.15) is 9.50 Å². The van der Waals surface area contributed by atoms with Crippen LogP contribution in [0, 0.1) is 10.1 Å². The number of thiazole rings is 1. The highest BCUT2D eigenvalue weighted by molar-refractivity contribution is 7.15. The molecule has 0 aliphatic carbocycles. The predicted molar refractivity (Wildman–Crippen MR) is 119 cm³/mol. The summed E-state index contributed by atoms with van der Waals surface area (Å²) in [4.78, 5) is 28.5. The Morgan fingerprint density at radius 2 is 1.91 bits per heavy atom. The molecule has 0 saturated heterocycles. The zero-order valence-corrected chi connectivity index (χ0v) is 17.4. The Bertz CT molecular complexity index is 1570. The summed E-state index contributed by atoms with van der Waals surface area (Å²) in [7, 11) is 1.59. The number of ether oxygens (including phenoxy) is 1. The number of nitro benzene ring substituents is 1. The van der Waals surface area contributed by atoms with Crippen LogP contribution in [0.3, 0.4) is 0 Å². The molecule has 3 heterocycles. The highest BCUT2D eigenvalue weighted by atomic mass is 32.1. The molecular formula is C22H14N4O5S. The highest BCUT2D eigenvalue weighted by Crippen LogP contribution is 2.31. The largest absolute Gasteiger partial charge is 0.497 e. The van der Waals surface area contributed by atoms with Gasteiger partial charge in [0.25, 0.3) is 11.2 Å². The second-order valence-electron chi connectivity index (χ2n) is 6.75. The summed E-state index contributed by atoms with van der Waals surface area (Å²) in [5, 5.41) is 15.6. The van der Waals surface area contributed by atoms with Crippen molar-refractivity contribution in [2.45, 2.75) is 0 Å². The number of para-hydroxylation sites is 1. The van der Waals surface area contributed by atoms with Crippen molar-refractivity contribution < 1.29 is 14.1 Å². The van der Waals surface area contributed by atoms with Gasteiger partial charge in [0, 0.05) is 17.7 Å². The summed E-state index contributed by atoms with van der Waals surface area (Å²) < 4.78 is 12.5. The second kappa shape index (κ2) is 7.75.